The molecule has 28 heavy (non-hydrogen) atoms. The zero-order valence-corrected chi connectivity index (χ0v) is 15.8. The number of aliphatic hydroxyl groups is 1. The fourth-order valence-electron chi connectivity index (χ4n) is 2.11. The summed E-state index contributed by atoms with van der Waals surface area (Å²) in [6, 6.07) is -3.63. The quantitative estimate of drug-likeness (QED) is 0.171. The van der Waals surface area contributed by atoms with Gasteiger partial charge in [0.15, 0.2) is 0 Å². The maximum atomic E-state index is 12.5. The third kappa shape index (κ3) is 9.28. The highest BCUT2D eigenvalue weighted by molar-refractivity contribution is 5.94. The van der Waals surface area contributed by atoms with Gasteiger partial charge in [-0.05, 0) is 12.3 Å². The predicted octanol–water partition coefficient (Wildman–Crippen LogP) is -2.61. The Morgan fingerprint density at radius 1 is 0.964 bits per heavy atom. The number of carbonyl (C=O) groups excluding carboxylic acids is 3. The van der Waals surface area contributed by atoms with Gasteiger partial charge in [0.1, 0.15) is 18.6 Å². The van der Waals surface area contributed by atoms with Gasteiger partial charge in [0.2, 0.25) is 17.7 Å². The van der Waals surface area contributed by atoms with Crippen LogP contribution in [0.5, 0.6) is 0 Å². The number of aliphatic hydroxyl groups excluding tert-OH is 1. The number of nitrogens with one attached hydrogen (secondary N) is 3. The zero-order valence-electron chi connectivity index (χ0n) is 15.8. The molecule has 4 atom stereocenters. The minimum Gasteiger partial charge on any atom is -0.481 e. The second kappa shape index (κ2) is 12.6. The average Bonchev–Trinajstić information content (AvgIpc) is 2.64. The number of amides is 3. The Bertz CT molecular complexity index is 583. The third-order valence-corrected chi connectivity index (χ3v) is 4.03. The van der Waals surface area contributed by atoms with Gasteiger partial charge in [0, 0.05) is 6.42 Å². The lowest BCUT2D eigenvalue weighted by Gasteiger charge is -2.26. The first-order valence-corrected chi connectivity index (χ1v) is 8.71. The summed E-state index contributed by atoms with van der Waals surface area (Å²) < 4.78 is 0. The molecule has 4 unspecified atom stereocenters. The topological polar surface area (TPSA) is 208 Å². The normalized spacial score (nSPS) is 14.9. The van der Waals surface area contributed by atoms with Gasteiger partial charge >= 0.3 is 11.9 Å². The van der Waals surface area contributed by atoms with E-state index in [1.165, 1.54) is 0 Å². The molecule has 0 rings (SSSR count). The highest BCUT2D eigenvalue weighted by atomic mass is 16.4. The monoisotopic (exact) mass is 404 g/mol. The highest BCUT2D eigenvalue weighted by Crippen LogP contribution is 2.09. The lowest BCUT2D eigenvalue weighted by atomic mass is 9.97. The third-order valence-electron chi connectivity index (χ3n) is 4.03. The summed E-state index contributed by atoms with van der Waals surface area (Å²) >= 11 is 0. The first kappa shape index (κ1) is 25.3. The summed E-state index contributed by atoms with van der Waals surface area (Å²) in [6.07, 6.45) is 0.0513. The van der Waals surface area contributed by atoms with E-state index in [1.807, 2.05) is 5.32 Å². The number of nitrogens with two attached hydrogens (primary N) is 1. The molecule has 8 N–H and O–H groups in total. The second-order valence-corrected chi connectivity index (χ2v) is 6.27. The number of hydrogen-bond donors (Lipinski definition) is 7. The van der Waals surface area contributed by atoms with Crippen LogP contribution in [0.3, 0.4) is 0 Å². The van der Waals surface area contributed by atoms with Crippen molar-refractivity contribution in [3.05, 3.63) is 0 Å². The van der Waals surface area contributed by atoms with Crippen molar-refractivity contribution in [1.82, 2.24) is 16.0 Å². The Balaban J connectivity index is 5.05. The van der Waals surface area contributed by atoms with E-state index in [9.17, 15) is 29.1 Å². The lowest BCUT2D eigenvalue weighted by Crippen LogP contribution is -2.58. The molecule has 160 valence electrons. The highest BCUT2D eigenvalue weighted by Gasteiger charge is 2.31. The summed E-state index contributed by atoms with van der Waals surface area (Å²) in [5.74, 6) is -5.16. The molecule has 0 aliphatic rings. The van der Waals surface area contributed by atoms with E-state index in [4.69, 9.17) is 15.9 Å². The molecular formula is C16H28N4O8. The van der Waals surface area contributed by atoms with Crippen LogP contribution in [-0.4, -0.2) is 76.3 Å². The molecule has 3 amide bonds. The summed E-state index contributed by atoms with van der Waals surface area (Å²) in [5, 5.41) is 33.2. The van der Waals surface area contributed by atoms with Crippen LogP contribution in [0, 0.1) is 5.92 Å². The Morgan fingerprint density at radius 3 is 2.04 bits per heavy atom. The molecule has 12 nitrogen and oxygen atoms in total. The first-order valence-electron chi connectivity index (χ1n) is 8.71. The van der Waals surface area contributed by atoms with Crippen LogP contribution in [0.2, 0.25) is 0 Å². The molecule has 0 saturated heterocycles. The van der Waals surface area contributed by atoms with Gasteiger partial charge in [-0.1, -0.05) is 20.3 Å². The minimum absolute atomic E-state index is 0.118. The molecule has 0 spiro atoms. The average molecular weight is 404 g/mol. The molecule has 0 aromatic carbocycles. The summed E-state index contributed by atoms with van der Waals surface area (Å²) in [5.41, 5.74) is 5.63. The predicted molar refractivity (Wildman–Crippen MR) is 95.9 cm³/mol. The number of aliphatic carboxylic acids is 2. The summed E-state index contributed by atoms with van der Waals surface area (Å²) in [4.78, 5) is 57.6. The SMILES string of the molecule is CCC(C)C(NC(=O)C(N)CCC(=O)O)C(=O)NC(CO)C(=O)NCC(=O)O. The molecule has 0 fully saturated rings. The Morgan fingerprint density at radius 2 is 1.57 bits per heavy atom. The summed E-state index contributed by atoms with van der Waals surface area (Å²) in [6.45, 7) is 1.97. The van der Waals surface area contributed by atoms with Crippen molar-refractivity contribution in [2.45, 2.75) is 51.2 Å². The van der Waals surface area contributed by atoms with Gasteiger partial charge in [-0.25, -0.2) is 0 Å². The second-order valence-electron chi connectivity index (χ2n) is 6.27. The van der Waals surface area contributed by atoms with Gasteiger partial charge in [-0.2, -0.15) is 0 Å². The minimum atomic E-state index is -1.41. The number of carboxylic acids is 2. The molecule has 0 saturated carbocycles. The van der Waals surface area contributed by atoms with Crippen LogP contribution in [0.4, 0.5) is 0 Å². The van der Waals surface area contributed by atoms with Gasteiger partial charge in [-0.15, -0.1) is 0 Å². The van der Waals surface area contributed by atoms with Crippen molar-refractivity contribution in [2.75, 3.05) is 13.2 Å². The van der Waals surface area contributed by atoms with Crippen molar-refractivity contribution in [1.29, 1.82) is 0 Å². The summed E-state index contributed by atoms with van der Waals surface area (Å²) in [7, 11) is 0. The van der Waals surface area contributed by atoms with Crippen molar-refractivity contribution in [3.63, 3.8) is 0 Å². The van der Waals surface area contributed by atoms with Crippen LogP contribution in [0.15, 0.2) is 0 Å². The number of hydrogen-bond acceptors (Lipinski definition) is 7. The molecule has 0 aromatic rings. The van der Waals surface area contributed by atoms with E-state index in [2.05, 4.69) is 10.6 Å². The van der Waals surface area contributed by atoms with E-state index in [0.717, 1.165) is 0 Å². The van der Waals surface area contributed by atoms with Gasteiger partial charge in [-0.3, -0.25) is 24.0 Å². The van der Waals surface area contributed by atoms with Crippen LogP contribution in [-0.2, 0) is 24.0 Å². The molecule has 0 bridgehead atoms. The molecule has 0 aliphatic carbocycles. The maximum absolute atomic E-state index is 12.5. The van der Waals surface area contributed by atoms with E-state index >= 15 is 0 Å². The molecule has 0 radical (unpaired) electrons. The van der Waals surface area contributed by atoms with E-state index in [-0.39, 0.29) is 18.8 Å². The fraction of sp³-hybridized carbons (Fsp3) is 0.688. The van der Waals surface area contributed by atoms with Crippen molar-refractivity contribution in [2.24, 2.45) is 11.7 Å². The fourth-order valence-corrected chi connectivity index (χ4v) is 2.11. The van der Waals surface area contributed by atoms with Gasteiger partial charge in [0.05, 0.1) is 12.6 Å². The first-order chi connectivity index (χ1) is 13.0. The van der Waals surface area contributed by atoms with E-state index in [1.54, 1.807) is 13.8 Å². The smallest absolute Gasteiger partial charge is 0.322 e. The molecular weight excluding hydrogens is 376 g/mol. The van der Waals surface area contributed by atoms with Crippen LogP contribution in [0.25, 0.3) is 0 Å². The number of carbonyl (C=O) groups is 5. The molecule has 0 aromatic heterocycles. The molecule has 0 heterocycles. The van der Waals surface area contributed by atoms with Crippen molar-refractivity contribution in [3.8, 4) is 0 Å². The van der Waals surface area contributed by atoms with Gasteiger partial charge in [0.25, 0.3) is 0 Å². The van der Waals surface area contributed by atoms with E-state index < -0.39 is 60.9 Å². The Hall–Kier alpha value is -2.73. The van der Waals surface area contributed by atoms with Crippen molar-refractivity contribution >= 4 is 29.7 Å². The van der Waals surface area contributed by atoms with Crippen LogP contribution >= 0.6 is 0 Å². The Labute approximate surface area is 161 Å². The lowest BCUT2D eigenvalue weighted by molar-refractivity contribution is -0.139. The van der Waals surface area contributed by atoms with Crippen LogP contribution in [0.1, 0.15) is 33.1 Å². The maximum Gasteiger partial charge on any atom is 0.322 e. The number of rotatable bonds is 13. The Kier molecular flexibility index (Phi) is 11.4. The van der Waals surface area contributed by atoms with E-state index in [0.29, 0.717) is 6.42 Å². The molecule has 12 heteroatoms. The zero-order chi connectivity index (χ0) is 21.9. The standard InChI is InChI=1S/C16H28N4O8/c1-3-8(2)13(20-14(26)9(17)4-5-11(22)23)16(28)19-10(7-21)15(27)18-6-12(24)25/h8-10,13,21H,3-7,17H2,1-2H3,(H,18,27)(H,19,28)(H,20,26)(H,22,23)(H,24,25). The number of carboxylic acid groups (broad SMARTS) is 2. The van der Waals surface area contributed by atoms with Crippen molar-refractivity contribution < 1.29 is 39.3 Å². The molecule has 0 aliphatic heterocycles. The van der Waals surface area contributed by atoms with Crippen LogP contribution < -0.4 is 21.7 Å². The largest absolute Gasteiger partial charge is 0.481 e. The van der Waals surface area contributed by atoms with Gasteiger partial charge < -0.3 is 37.0 Å².